The van der Waals surface area contributed by atoms with E-state index in [1.54, 1.807) is 27.9 Å². The lowest BCUT2D eigenvalue weighted by Gasteiger charge is -2.24. The summed E-state index contributed by atoms with van der Waals surface area (Å²) in [5.41, 5.74) is 1.21. The number of anilines is 3. The highest BCUT2D eigenvalue weighted by Gasteiger charge is 2.22. The summed E-state index contributed by atoms with van der Waals surface area (Å²) in [5, 5.41) is 18.8. The largest absolute Gasteiger partial charge is 0.465 e. The van der Waals surface area contributed by atoms with E-state index in [-0.39, 0.29) is 29.5 Å². The van der Waals surface area contributed by atoms with Gasteiger partial charge in [-0.05, 0) is 57.9 Å². The molecule has 0 unspecified atom stereocenters. The molecule has 1 heterocycles. The average Bonchev–Trinajstić information content (AvgIpc) is 2.78. The topological polar surface area (TPSA) is 135 Å². The van der Waals surface area contributed by atoms with Gasteiger partial charge < -0.3 is 30.2 Å². The number of aromatic nitrogens is 1. The maximum atomic E-state index is 12.5. The van der Waals surface area contributed by atoms with Crippen LogP contribution in [0.5, 0.6) is 0 Å². The van der Waals surface area contributed by atoms with E-state index in [9.17, 15) is 14.9 Å². The molecule has 188 valence electrons. The lowest BCUT2D eigenvalue weighted by molar-refractivity contribution is 0.0496. The van der Waals surface area contributed by atoms with Crippen molar-refractivity contribution in [1.82, 2.24) is 10.3 Å². The molecular weight excluding hydrogens is 450 g/mol. The molecule has 10 heteroatoms. The number of amides is 1. The molecule has 2 aromatic rings. The van der Waals surface area contributed by atoms with E-state index in [4.69, 9.17) is 14.2 Å². The van der Waals surface area contributed by atoms with Gasteiger partial charge in [0.2, 0.25) is 0 Å². The molecule has 0 aliphatic carbocycles. The third-order valence-electron chi connectivity index (χ3n) is 4.73. The Morgan fingerprint density at radius 1 is 1.20 bits per heavy atom. The number of hydrogen-bond donors (Lipinski definition) is 3. The normalized spacial score (nSPS) is 11.7. The first-order valence-electron chi connectivity index (χ1n) is 11.2. The van der Waals surface area contributed by atoms with Crippen LogP contribution in [0.1, 0.15) is 48.7 Å². The van der Waals surface area contributed by atoms with Crippen molar-refractivity contribution >= 4 is 29.4 Å². The van der Waals surface area contributed by atoms with Crippen molar-refractivity contribution in [3.8, 4) is 6.07 Å². The smallest absolute Gasteiger partial charge is 0.407 e. The lowest BCUT2D eigenvalue weighted by atomic mass is 10.1. The molecule has 0 fully saturated rings. The Labute approximate surface area is 206 Å². The van der Waals surface area contributed by atoms with Crippen LogP contribution >= 0.6 is 0 Å². The van der Waals surface area contributed by atoms with Crippen LogP contribution in [0.4, 0.5) is 22.1 Å². The predicted octanol–water partition coefficient (Wildman–Crippen LogP) is 4.13. The van der Waals surface area contributed by atoms with Crippen LogP contribution in [0.3, 0.4) is 0 Å². The second-order valence-corrected chi connectivity index (χ2v) is 8.88. The Hall–Kier alpha value is -3.84. The third-order valence-corrected chi connectivity index (χ3v) is 4.73. The average molecular weight is 484 g/mol. The van der Waals surface area contributed by atoms with E-state index in [1.165, 1.54) is 13.2 Å². The number of aryl methyl sites for hydroxylation is 1. The van der Waals surface area contributed by atoms with Gasteiger partial charge in [0.25, 0.3) is 0 Å². The number of benzene rings is 1. The first kappa shape index (κ1) is 27.4. The van der Waals surface area contributed by atoms with E-state index in [1.807, 2.05) is 37.3 Å². The summed E-state index contributed by atoms with van der Waals surface area (Å²) in [4.78, 5) is 29.2. The zero-order valence-electron chi connectivity index (χ0n) is 21.0. The van der Waals surface area contributed by atoms with Crippen molar-refractivity contribution in [3.63, 3.8) is 0 Å². The highest BCUT2D eigenvalue weighted by molar-refractivity contribution is 5.98. The maximum Gasteiger partial charge on any atom is 0.407 e. The molecule has 10 nitrogen and oxygen atoms in total. The number of ether oxygens (including phenoxy) is 3. The monoisotopic (exact) mass is 483 g/mol. The molecule has 0 saturated carbocycles. The van der Waals surface area contributed by atoms with E-state index in [0.717, 1.165) is 5.56 Å². The van der Waals surface area contributed by atoms with Crippen molar-refractivity contribution in [2.24, 2.45) is 0 Å². The van der Waals surface area contributed by atoms with Gasteiger partial charge in [0.05, 0.1) is 18.7 Å². The summed E-state index contributed by atoms with van der Waals surface area (Å²) < 4.78 is 15.4. The Morgan fingerprint density at radius 3 is 2.54 bits per heavy atom. The minimum absolute atomic E-state index is 0.0323. The van der Waals surface area contributed by atoms with Gasteiger partial charge in [-0.1, -0.05) is 12.1 Å². The number of pyridine rings is 1. The Balaban J connectivity index is 2.31. The predicted molar refractivity (Wildman–Crippen MR) is 133 cm³/mol. The second kappa shape index (κ2) is 12.6. The Bertz CT molecular complexity index is 1070. The van der Waals surface area contributed by atoms with E-state index in [0.29, 0.717) is 24.5 Å². The highest BCUT2D eigenvalue weighted by atomic mass is 16.6. The molecule has 0 spiro atoms. The zero-order chi connectivity index (χ0) is 26.0. The van der Waals surface area contributed by atoms with Gasteiger partial charge in [-0.25, -0.2) is 14.6 Å². The minimum atomic E-state index is -0.680. The molecule has 1 amide bonds. The number of carbonyl (C=O) groups excluding carboxylic acids is 2. The quantitative estimate of drug-likeness (QED) is 0.426. The first-order chi connectivity index (χ1) is 16.6. The van der Waals surface area contributed by atoms with Crippen molar-refractivity contribution in [3.05, 3.63) is 47.0 Å². The summed E-state index contributed by atoms with van der Waals surface area (Å²) in [6.45, 7) is 7.99. The Morgan fingerprint density at radius 2 is 1.94 bits per heavy atom. The van der Waals surface area contributed by atoms with Crippen molar-refractivity contribution in [1.29, 1.82) is 5.26 Å². The number of nitrogens with zero attached hydrogens (tertiary/aromatic N) is 2. The number of nitrogens with one attached hydrogen (secondary N) is 3. The molecule has 0 aliphatic heterocycles. The molecule has 0 aliphatic rings. The minimum Gasteiger partial charge on any atom is -0.465 e. The van der Waals surface area contributed by atoms with Gasteiger partial charge in [-0.15, -0.1) is 0 Å². The SMILES string of the molecule is COCC[C@@H](CNc1cc(C#N)c(C(=O)OC)c(Nc2cccc(C)c2)n1)NC(=O)OC(C)(C)C. The van der Waals surface area contributed by atoms with Crippen LogP contribution in [0.15, 0.2) is 30.3 Å². The van der Waals surface area contributed by atoms with Crippen LogP contribution in [0.25, 0.3) is 0 Å². The van der Waals surface area contributed by atoms with Crippen molar-refractivity contribution in [2.45, 2.75) is 45.8 Å². The number of rotatable bonds is 10. The Kier molecular flexibility index (Phi) is 9.85. The number of alkyl carbamates (subject to hydrolysis) is 1. The molecule has 35 heavy (non-hydrogen) atoms. The van der Waals surface area contributed by atoms with E-state index >= 15 is 0 Å². The lowest BCUT2D eigenvalue weighted by Crippen LogP contribution is -2.43. The number of methoxy groups -OCH3 is 2. The maximum absolute atomic E-state index is 12.5. The van der Waals surface area contributed by atoms with E-state index < -0.39 is 17.7 Å². The molecule has 1 aromatic carbocycles. The zero-order valence-corrected chi connectivity index (χ0v) is 21.0. The summed E-state index contributed by atoms with van der Waals surface area (Å²) >= 11 is 0. The molecule has 1 atom stereocenters. The standard InChI is InChI=1S/C25H33N5O5/c1-16-8-7-9-18(12-16)28-22-21(23(31)34-6)17(14-26)13-20(30-22)27-15-19(10-11-33-5)29-24(32)35-25(2,3)4/h7-9,12-13,19H,10-11,15H2,1-6H3,(H,29,32)(H2,27,28,30)/t19-/m0/s1. The molecule has 0 bridgehead atoms. The fourth-order valence-corrected chi connectivity index (χ4v) is 3.17. The van der Waals surface area contributed by atoms with Crippen LogP contribution in [-0.2, 0) is 14.2 Å². The van der Waals surface area contributed by atoms with Gasteiger partial charge in [-0.2, -0.15) is 5.26 Å². The molecule has 0 radical (unpaired) electrons. The highest BCUT2D eigenvalue weighted by Crippen LogP contribution is 2.26. The van der Waals surface area contributed by atoms with Crippen LogP contribution in [-0.4, -0.2) is 56.1 Å². The third kappa shape index (κ3) is 8.79. The van der Waals surface area contributed by atoms with Crippen LogP contribution in [0, 0.1) is 18.3 Å². The summed E-state index contributed by atoms with van der Waals surface area (Å²) in [6, 6.07) is 10.7. The van der Waals surface area contributed by atoms with Gasteiger partial charge in [0, 0.05) is 25.9 Å². The molecule has 2 rings (SSSR count). The van der Waals surface area contributed by atoms with Gasteiger partial charge in [0.1, 0.15) is 28.9 Å². The number of esters is 1. The number of nitriles is 1. The first-order valence-corrected chi connectivity index (χ1v) is 11.2. The molecule has 1 aromatic heterocycles. The van der Waals surface area contributed by atoms with Crippen molar-refractivity contribution < 1.29 is 23.8 Å². The van der Waals surface area contributed by atoms with E-state index in [2.05, 4.69) is 20.9 Å². The van der Waals surface area contributed by atoms with Crippen LogP contribution in [0.2, 0.25) is 0 Å². The second-order valence-electron chi connectivity index (χ2n) is 8.88. The summed E-state index contributed by atoms with van der Waals surface area (Å²) in [6.07, 6.45) is -0.0309. The fraction of sp³-hybridized carbons (Fsp3) is 0.440. The fourth-order valence-electron chi connectivity index (χ4n) is 3.17. The van der Waals surface area contributed by atoms with Gasteiger partial charge >= 0.3 is 12.1 Å². The molecular formula is C25H33N5O5. The molecule has 3 N–H and O–H groups in total. The number of hydrogen-bond acceptors (Lipinski definition) is 9. The molecule has 0 saturated heterocycles. The van der Waals surface area contributed by atoms with Crippen LogP contribution < -0.4 is 16.0 Å². The number of carbonyl (C=O) groups is 2. The summed E-state index contributed by atoms with van der Waals surface area (Å²) in [7, 11) is 2.82. The van der Waals surface area contributed by atoms with Gasteiger partial charge in [0.15, 0.2) is 0 Å². The van der Waals surface area contributed by atoms with Crippen molar-refractivity contribution in [2.75, 3.05) is 38.0 Å². The summed E-state index contributed by atoms with van der Waals surface area (Å²) in [5.74, 6) is -0.157. The van der Waals surface area contributed by atoms with Gasteiger partial charge in [-0.3, -0.25) is 0 Å².